The van der Waals surface area contributed by atoms with Crippen molar-refractivity contribution in [3.8, 4) is 0 Å². The summed E-state index contributed by atoms with van der Waals surface area (Å²) in [6, 6.07) is 16.0. The van der Waals surface area contributed by atoms with Gasteiger partial charge in [0.2, 0.25) is 0 Å². The summed E-state index contributed by atoms with van der Waals surface area (Å²) in [7, 11) is 0. The van der Waals surface area contributed by atoms with Gasteiger partial charge in [0.05, 0.1) is 24.1 Å². The van der Waals surface area contributed by atoms with Gasteiger partial charge in [0.15, 0.2) is 0 Å². The van der Waals surface area contributed by atoms with Crippen molar-refractivity contribution in [3.63, 3.8) is 0 Å². The number of anilines is 2. The summed E-state index contributed by atoms with van der Waals surface area (Å²) in [6.07, 6.45) is 3.42. The predicted molar refractivity (Wildman–Crippen MR) is 95.2 cm³/mol. The summed E-state index contributed by atoms with van der Waals surface area (Å²) >= 11 is 5.81. The fraction of sp³-hybridized carbons (Fsp3) is 0.0556. The van der Waals surface area contributed by atoms with Crippen molar-refractivity contribution in [2.24, 2.45) is 0 Å². The van der Waals surface area contributed by atoms with Gasteiger partial charge < -0.3 is 10.6 Å². The molecule has 120 valence electrons. The van der Waals surface area contributed by atoms with E-state index in [9.17, 15) is 4.79 Å². The molecule has 0 bridgehead atoms. The molecule has 0 fully saturated rings. The number of nitrogens with zero attached hydrogens (tertiary/aromatic N) is 2. The van der Waals surface area contributed by atoms with E-state index in [4.69, 9.17) is 11.6 Å². The van der Waals surface area contributed by atoms with E-state index in [0.29, 0.717) is 22.9 Å². The van der Waals surface area contributed by atoms with Gasteiger partial charge in [0.1, 0.15) is 5.82 Å². The molecule has 3 rings (SSSR count). The van der Waals surface area contributed by atoms with Crippen LogP contribution in [0.4, 0.5) is 11.5 Å². The highest BCUT2D eigenvalue weighted by molar-refractivity contribution is 6.30. The van der Waals surface area contributed by atoms with Crippen LogP contribution in [0.2, 0.25) is 5.02 Å². The first-order valence-electron chi connectivity index (χ1n) is 7.37. The van der Waals surface area contributed by atoms with Crippen LogP contribution < -0.4 is 10.6 Å². The molecule has 1 amide bonds. The van der Waals surface area contributed by atoms with Crippen molar-refractivity contribution in [2.75, 3.05) is 10.6 Å². The smallest absolute Gasteiger partial charge is 0.256 e. The molecular weight excluding hydrogens is 324 g/mol. The molecule has 0 aliphatic heterocycles. The highest BCUT2D eigenvalue weighted by Gasteiger charge is 2.06. The lowest BCUT2D eigenvalue weighted by Gasteiger charge is -2.08. The lowest BCUT2D eigenvalue weighted by molar-refractivity contribution is 0.102. The largest absolute Gasteiger partial charge is 0.378 e. The second-order valence-corrected chi connectivity index (χ2v) is 5.50. The number of amides is 1. The Morgan fingerprint density at radius 1 is 1.00 bits per heavy atom. The zero-order valence-corrected chi connectivity index (χ0v) is 13.5. The van der Waals surface area contributed by atoms with Crippen molar-refractivity contribution in [3.05, 3.63) is 83.3 Å². The molecule has 24 heavy (non-hydrogen) atoms. The standard InChI is InChI=1S/C18H15ClN4O/c19-14-6-4-13(5-7-14)18(24)23-17-9-8-16(12-22-17)21-11-15-3-1-2-10-20-15/h1-10,12,21H,11H2,(H,22,23,24). The maximum Gasteiger partial charge on any atom is 0.256 e. The molecule has 0 aliphatic rings. The Kier molecular flexibility index (Phi) is 5.03. The van der Waals surface area contributed by atoms with Crippen LogP contribution in [0.3, 0.4) is 0 Å². The minimum atomic E-state index is -0.228. The van der Waals surface area contributed by atoms with E-state index >= 15 is 0 Å². The number of hydrogen-bond donors (Lipinski definition) is 2. The molecule has 6 heteroatoms. The number of halogens is 1. The van der Waals surface area contributed by atoms with Crippen LogP contribution >= 0.6 is 11.6 Å². The number of rotatable bonds is 5. The van der Waals surface area contributed by atoms with Crippen LogP contribution in [0.15, 0.2) is 67.0 Å². The van der Waals surface area contributed by atoms with Gasteiger partial charge in [0, 0.05) is 16.8 Å². The Labute approximate surface area is 144 Å². The van der Waals surface area contributed by atoms with Gasteiger partial charge in [-0.3, -0.25) is 9.78 Å². The van der Waals surface area contributed by atoms with Crippen molar-refractivity contribution in [2.45, 2.75) is 6.54 Å². The van der Waals surface area contributed by atoms with E-state index in [2.05, 4.69) is 20.6 Å². The third kappa shape index (κ3) is 4.30. The minimum absolute atomic E-state index is 0.228. The molecule has 0 saturated carbocycles. The number of hydrogen-bond acceptors (Lipinski definition) is 4. The number of pyridine rings is 2. The summed E-state index contributed by atoms with van der Waals surface area (Å²) in [5, 5.41) is 6.56. The number of aromatic nitrogens is 2. The van der Waals surface area contributed by atoms with E-state index in [0.717, 1.165) is 11.4 Å². The average Bonchev–Trinajstić information content (AvgIpc) is 2.62. The number of carbonyl (C=O) groups is 1. The third-order valence-corrected chi connectivity index (χ3v) is 3.56. The Bertz CT molecular complexity index is 805. The first kappa shape index (κ1) is 16.0. The van der Waals surface area contributed by atoms with Crippen LogP contribution in [0.1, 0.15) is 16.1 Å². The molecule has 3 aromatic rings. The monoisotopic (exact) mass is 338 g/mol. The summed E-state index contributed by atoms with van der Waals surface area (Å²) < 4.78 is 0. The first-order chi connectivity index (χ1) is 11.7. The van der Waals surface area contributed by atoms with Gasteiger partial charge in [-0.2, -0.15) is 0 Å². The van der Waals surface area contributed by atoms with Crippen LogP contribution in [0.25, 0.3) is 0 Å². The molecule has 0 unspecified atom stereocenters. The summed E-state index contributed by atoms with van der Waals surface area (Å²) in [5.74, 6) is 0.256. The zero-order valence-electron chi connectivity index (χ0n) is 12.7. The van der Waals surface area contributed by atoms with E-state index in [1.807, 2.05) is 24.3 Å². The Hall–Kier alpha value is -2.92. The van der Waals surface area contributed by atoms with Crippen LogP contribution in [-0.4, -0.2) is 15.9 Å². The summed E-state index contributed by atoms with van der Waals surface area (Å²) in [6.45, 7) is 0.610. The van der Waals surface area contributed by atoms with Crippen molar-refractivity contribution >= 4 is 29.0 Å². The van der Waals surface area contributed by atoms with E-state index < -0.39 is 0 Å². The highest BCUT2D eigenvalue weighted by atomic mass is 35.5. The molecule has 0 aliphatic carbocycles. The average molecular weight is 339 g/mol. The van der Waals surface area contributed by atoms with Gasteiger partial charge in [-0.25, -0.2) is 4.98 Å². The second kappa shape index (κ2) is 7.57. The fourth-order valence-electron chi connectivity index (χ4n) is 2.06. The van der Waals surface area contributed by atoms with Crippen molar-refractivity contribution < 1.29 is 4.79 Å². The Morgan fingerprint density at radius 2 is 1.83 bits per heavy atom. The maximum atomic E-state index is 12.1. The van der Waals surface area contributed by atoms with Gasteiger partial charge in [-0.1, -0.05) is 17.7 Å². The first-order valence-corrected chi connectivity index (χ1v) is 7.75. The molecular formula is C18H15ClN4O. The molecule has 0 spiro atoms. The molecule has 0 saturated heterocycles. The number of carbonyl (C=O) groups excluding carboxylic acids is 1. The van der Waals surface area contributed by atoms with Gasteiger partial charge in [-0.15, -0.1) is 0 Å². The Balaban J connectivity index is 1.58. The van der Waals surface area contributed by atoms with Gasteiger partial charge >= 0.3 is 0 Å². The third-order valence-electron chi connectivity index (χ3n) is 3.31. The van der Waals surface area contributed by atoms with Gasteiger partial charge in [0.25, 0.3) is 5.91 Å². The highest BCUT2D eigenvalue weighted by Crippen LogP contribution is 2.13. The minimum Gasteiger partial charge on any atom is -0.378 e. The van der Waals surface area contributed by atoms with Crippen LogP contribution in [0.5, 0.6) is 0 Å². The summed E-state index contributed by atoms with van der Waals surface area (Å²) in [5.41, 5.74) is 2.32. The van der Waals surface area contributed by atoms with E-state index in [-0.39, 0.29) is 5.91 Å². The quantitative estimate of drug-likeness (QED) is 0.738. The van der Waals surface area contributed by atoms with Crippen molar-refractivity contribution in [1.82, 2.24) is 9.97 Å². The van der Waals surface area contributed by atoms with Crippen LogP contribution in [0, 0.1) is 0 Å². The molecule has 2 N–H and O–H groups in total. The molecule has 0 radical (unpaired) electrons. The topological polar surface area (TPSA) is 66.9 Å². The molecule has 0 atom stereocenters. The van der Waals surface area contributed by atoms with E-state index in [1.54, 1.807) is 42.7 Å². The van der Waals surface area contributed by atoms with Crippen LogP contribution in [-0.2, 0) is 6.54 Å². The second-order valence-electron chi connectivity index (χ2n) is 5.07. The number of nitrogens with one attached hydrogen (secondary N) is 2. The zero-order chi connectivity index (χ0) is 16.8. The van der Waals surface area contributed by atoms with E-state index in [1.165, 1.54) is 0 Å². The van der Waals surface area contributed by atoms with Gasteiger partial charge in [-0.05, 0) is 48.5 Å². The lowest BCUT2D eigenvalue weighted by atomic mass is 10.2. The van der Waals surface area contributed by atoms with Crippen molar-refractivity contribution in [1.29, 1.82) is 0 Å². The maximum absolute atomic E-state index is 12.1. The molecule has 2 aromatic heterocycles. The SMILES string of the molecule is O=C(Nc1ccc(NCc2ccccn2)cn1)c1ccc(Cl)cc1. The fourth-order valence-corrected chi connectivity index (χ4v) is 2.18. The molecule has 2 heterocycles. The number of benzene rings is 1. The molecule has 1 aromatic carbocycles. The normalized spacial score (nSPS) is 10.2. The lowest BCUT2D eigenvalue weighted by Crippen LogP contribution is -2.12. The Morgan fingerprint density at radius 3 is 2.50 bits per heavy atom. The summed E-state index contributed by atoms with van der Waals surface area (Å²) in [4.78, 5) is 20.6. The molecule has 5 nitrogen and oxygen atoms in total. The predicted octanol–water partition coefficient (Wildman–Crippen LogP) is 3.99.